The van der Waals surface area contributed by atoms with Crippen LogP contribution in [0.1, 0.15) is 46.0 Å². The van der Waals surface area contributed by atoms with Gasteiger partial charge in [0.2, 0.25) is 0 Å². The van der Waals surface area contributed by atoms with E-state index in [1.54, 1.807) is 0 Å². The highest BCUT2D eigenvalue weighted by Crippen LogP contribution is 2.38. The lowest BCUT2D eigenvalue weighted by molar-refractivity contribution is -0.0359. The largest absolute Gasteiger partial charge is 0.378 e. The maximum atomic E-state index is 5.93. The van der Waals surface area contributed by atoms with Gasteiger partial charge < -0.3 is 10.1 Å². The van der Waals surface area contributed by atoms with Crippen molar-refractivity contribution in [1.29, 1.82) is 0 Å². The Kier molecular flexibility index (Phi) is 4.45. The maximum Gasteiger partial charge on any atom is 0.0590 e. The van der Waals surface area contributed by atoms with E-state index in [9.17, 15) is 0 Å². The van der Waals surface area contributed by atoms with Crippen LogP contribution in [0.5, 0.6) is 0 Å². The summed E-state index contributed by atoms with van der Waals surface area (Å²) in [7, 11) is 0. The van der Waals surface area contributed by atoms with Crippen molar-refractivity contribution in [2.24, 2.45) is 11.8 Å². The molecule has 5 atom stereocenters. The number of fused-ring (bicyclic) bond motifs is 1. The van der Waals surface area contributed by atoms with Crippen LogP contribution >= 0.6 is 0 Å². The molecule has 0 spiro atoms. The fourth-order valence-electron chi connectivity index (χ4n) is 4.70. The van der Waals surface area contributed by atoms with Gasteiger partial charge in [-0.1, -0.05) is 20.3 Å². The number of rotatable bonds is 4. The highest BCUT2D eigenvalue weighted by atomic mass is 16.5. The summed E-state index contributed by atoms with van der Waals surface area (Å²) in [6, 6.07) is 1.62. The number of nitrogens with zero attached hydrogens (tertiary/aromatic N) is 1. The van der Waals surface area contributed by atoms with E-state index in [0.29, 0.717) is 6.10 Å². The van der Waals surface area contributed by atoms with Crippen LogP contribution < -0.4 is 5.32 Å². The second kappa shape index (κ2) is 6.11. The molecular formula is C16H30N2O. The van der Waals surface area contributed by atoms with Crippen molar-refractivity contribution in [2.75, 3.05) is 26.2 Å². The number of hydrogen-bond acceptors (Lipinski definition) is 3. The molecule has 1 N–H and O–H groups in total. The first kappa shape index (κ1) is 13.8. The van der Waals surface area contributed by atoms with Gasteiger partial charge >= 0.3 is 0 Å². The third-order valence-corrected chi connectivity index (χ3v) is 5.60. The van der Waals surface area contributed by atoms with Gasteiger partial charge in [0, 0.05) is 25.2 Å². The average molecular weight is 266 g/mol. The molecule has 0 aromatic rings. The van der Waals surface area contributed by atoms with E-state index < -0.39 is 0 Å². The number of ether oxygens (including phenoxy) is 1. The van der Waals surface area contributed by atoms with E-state index >= 15 is 0 Å². The summed E-state index contributed by atoms with van der Waals surface area (Å²) in [5.74, 6) is 1.83. The van der Waals surface area contributed by atoms with Gasteiger partial charge in [-0.15, -0.1) is 0 Å². The molecule has 0 saturated carbocycles. The first-order chi connectivity index (χ1) is 9.33. The average Bonchev–Trinajstić information content (AvgIpc) is 2.99. The predicted octanol–water partition coefficient (Wildman–Crippen LogP) is 2.26. The van der Waals surface area contributed by atoms with Crippen LogP contribution in [0.25, 0.3) is 0 Å². The van der Waals surface area contributed by atoms with Crippen molar-refractivity contribution in [2.45, 2.75) is 64.1 Å². The number of hydrogen-bond donors (Lipinski definition) is 1. The van der Waals surface area contributed by atoms with Gasteiger partial charge in [-0.3, -0.25) is 4.90 Å². The summed E-state index contributed by atoms with van der Waals surface area (Å²) in [4.78, 5) is 2.86. The second-order valence-electron chi connectivity index (χ2n) is 6.71. The second-order valence-corrected chi connectivity index (χ2v) is 6.71. The topological polar surface area (TPSA) is 24.5 Å². The smallest absolute Gasteiger partial charge is 0.0590 e. The summed E-state index contributed by atoms with van der Waals surface area (Å²) in [6.45, 7) is 9.46. The van der Waals surface area contributed by atoms with Crippen molar-refractivity contribution in [3.05, 3.63) is 0 Å². The fraction of sp³-hybridized carbons (Fsp3) is 1.00. The zero-order valence-corrected chi connectivity index (χ0v) is 12.6. The van der Waals surface area contributed by atoms with Gasteiger partial charge in [0.05, 0.1) is 6.10 Å². The molecule has 3 nitrogen and oxygen atoms in total. The molecule has 0 aromatic carbocycles. The maximum absolute atomic E-state index is 5.93. The van der Waals surface area contributed by atoms with Crippen molar-refractivity contribution in [3.8, 4) is 0 Å². The van der Waals surface area contributed by atoms with E-state index in [0.717, 1.165) is 30.5 Å². The van der Waals surface area contributed by atoms with Crippen molar-refractivity contribution >= 4 is 0 Å². The minimum absolute atomic E-state index is 0.528. The van der Waals surface area contributed by atoms with Crippen LogP contribution in [-0.4, -0.2) is 49.3 Å². The van der Waals surface area contributed by atoms with Gasteiger partial charge in [0.25, 0.3) is 0 Å². The molecule has 0 aliphatic carbocycles. The van der Waals surface area contributed by atoms with E-state index in [2.05, 4.69) is 24.1 Å². The Morgan fingerprint density at radius 2 is 2.16 bits per heavy atom. The molecule has 3 fully saturated rings. The summed E-state index contributed by atoms with van der Waals surface area (Å²) in [5.41, 5.74) is 0. The zero-order chi connectivity index (χ0) is 13.2. The lowest BCUT2D eigenvalue weighted by Crippen LogP contribution is -2.46. The van der Waals surface area contributed by atoms with E-state index in [1.807, 2.05) is 0 Å². The van der Waals surface area contributed by atoms with Crippen LogP contribution in [0.3, 0.4) is 0 Å². The Balaban J connectivity index is 1.64. The van der Waals surface area contributed by atoms with Gasteiger partial charge in [0.15, 0.2) is 0 Å². The van der Waals surface area contributed by atoms with E-state index in [1.165, 1.54) is 51.7 Å². The molecule has 3 aliphatic rings. The Bertz CT molecular complexity index is 294. The van der Waals surface area contributed by atoms with E-state index in [4.69, 9.17) is 4.74 Å². The monoisotopic (exact) mass is 266 g/mol. The molecule has 3 saturated heterocycles. The molecule has 0 radical (unpaired) electrons. The summed E-state index contributed by atoms with van der Waals surface area (Å²) >= 11 is 0. The predicted molar refractivity (Wildman–Crippen MR) is 78.3 cm³/mol. The SMILES string of the molecule is CCCC1CC(N2CC3CNCC3C2CC)CCO1. The Labute approximate surface area is 118 Å². The van der Waals surface area contributed by atoms with Gasteiger partial charge in [-0.05, 0) is 50.6 Å². The number of nitrogens with one attached hydrogen (secondary N) is 1. The molecule has 3 heterocycles. The Morgan fingerprint density at radius 1 is 1.26 bits per heavy atom. The van der Waals surface area contributed by atoms with E-state index in [-0.39, 0.29) is 0 Å². The molecule has 0 bridgehead atoms. The fourth-order valence-corrected chi connectivity index (χ4v) is 4.70. The summed E-state index contributed by atoms with van der Waals surface area (Å²) in [5, 5.41) is 3.59. The van der Waals surface area contributed by atoms with Crippen molar-refractivity contribution in [1.82, 2.24) is 10.2 Å². The molecule has 0 aromatic heterocycles. The highest BCUT2D eigenvalue weighted by molar-refractivity contribution is 5.00. The standard InChI is InChI=1S/C16H30N2O/c1-3-5-14-8-13(6-7-19-14)18-11-12-9-17-10-15(12)16(18)4-2/h12-17H,3-11H2,1-2H3. The first-order valence-electron chi connectivity index (χ1n) is 8.41. The molecule has 19 heavy (non-hydrogen) atoms. The van der Waals surface area contributed by atoms with Crippen molar-refractivity contribution in [3.63, 3.8) is 0 Å². The third-order valence-electron chi connectivity index (χ3n) is 5.60. The third kappa shape index (κ3) is 2.70. The lowest BCUT2D eigenvalue weighted by Gasteiger charge is -2.39. The molecular weight excluding hydrogens is 236 g/mol. The van der Waals surface area contributed by atoms with Crippen LogP contribution in [0.2, 0.25) is 0 Å². The van der Waals surface area contributed by atoms with Gasteiger partial charge in [-0.2, -0.15) is 0 Å². The number of likely N-dealkylation sites (tertiary alicyclic amines) is 1. The molecule has 0 amide bonds. The van der Waals surface area contributed by atoms with Gasteiger partial charge in [-0.25, -0.2) is 0 Å². The molecule has 3 heteroatoms. The zero-order valence-electron chi connectivity index (χ0n) is 12.6. The minimum Gasteiger partial charge on any atom is -0.378 e. The van der Waals surface area contributed by atoms with Gasteiger partial charge in [0.1, 0.15) is 0 Å². The summed E-state index contributed by atoms with van der Waals surface area (Å²) < 4.78 is 5.93. The normalized spacial score (nSPS) is 43.6. The minimum atomic E-state index is 0.528. The van der Waals surface area contributed by atoms with Crippen LogP contribution in [0, 0.1) is 11.8 Å². The van der Waals surface area contributed by atoms with Crippen LogP contribution in [0.15, 0.2) is 0 Å². The van der Waals surface area contributed by atoms with Crippen molar-refractivity contribution < 1.29 is 4.74 Å². The Hall–Kier alpha value is -0.120. The molecule has 3 aliphatic heterocycles. The first-order valence-corrected chi connectivity index (χ1v) is 8.41. The van der Waals surface area contributed by atoms with Crippen LogP contribution in [-0.2, 0) is 4.74 Å². The molecule has 3 rings (SSSR count). The summed E-state index contributed by atoms with van der Waals surface area (Å²) in [6.07, 6.45) is 6.87. The molecule has 5 unspecified atom stereocenters. The highest BCUT2D eigenvalue weighted by Gasteiger charge is 2.46. The van der Waals surface area contributed by atoms with Crippen LogP contribution in [0.4, 0.5) is 0 Å². The quantitative estimate of drug-likeness (QED) is 0.845. The lowest BCUT2D eigenvalue weighted by atomic mass is 9.92. The Morgan fingerprint density at radius 3 is 2.95 bits per heavy atom. The molecule has 110 valence electrons.